The lowest BCUT2D eigenvalue weighted by atomic mass is 9.94. The van der Waals surface area contributed by atoms with E-state index >= 15 is 0 Å². The molecule has 2 unspecified atom stereocenters. The van der Waals surface area contributed by atoms with Gasteiger partial charge in [-0.25, -0.2) is 0 Å². The topological polar surface area (TPSA) is 21.6 Å². The molecular formula is C19H21NO. The molecule has 2 heteroatoms. The molecule has 1 fully saturated rings. The fourth-order valence-electron chi connectivity index (χ4n) is 2.96. The fourth-order valence-corrected chi connectivity index (χ4v) is 2.96. The van der Waals surface area contributed by atoms with Gasteiger partial charge in [-0.1, -0.05) is 72.7 Å². The SMILES string of the molecule is C/C(=N\OCc1ccccc1)C1CC1(C)c1ccccc1. The van der Waals surface area contributed by atoms with Gasteiger partial charge in [0.15, 0.2) is 0 Å². The highest BCUT2D eigenvalue weighted by Gasteiger charge is 2.52. The molecule has 3 rings (SSSR count). The first-order valence-corrected chi connectivity index (χ1v) is 7.46. The smallest absolute Gasteiger partial charge is 0.142 e. The van der Waals surface area contributed by atoms with Crippen LogP contribution in [0.25, 0.3) is 0 Å². The predicted octanol–water partition coefficient (Wildman–Crippen LogP) is 4.56. The Balaban J connectivity index is 1.60. The van der Waals surface area contributed by atoms with Crippen molar-refractivity contribution in [3.8, 4) is 0 Å². The van der Waals surface area contributed by atoms with E-state index < -0.39 is 0 Å². The van der Waals surface area contributed by atoms with E-state index in [0.717, 1.165) is 17.7 Å². The van der Waals surface area contributed by atoms with Crippen molar-refractivity contribution in [2.24, 2.45) is 11.1 Å². The lowest BCUT2D eigenvalue weighted by Crippen LogP contribution is -2.09. The van der Waals surface area contributed by atoms with E-state index in [-0.39, 0.29) is 5.41 Å². The second-order valence-electron chi connectivity index (χ2n) is 6.03. The van der Waals surface area contributed by atoms with Crippen LogP contribution in [0.2, 0.25) is 0 Å². The van der Waals surface area contributed by atoms with Gasteiger partial charge in [0, 0.05) is 11.3 Å². The average Bonchev–Trinajstić information content (AvgIpc) is 3.23. The van der Waals surface area contributed by atoms with Gasteiger partial charge < -0.3 is 4.84 Å². The van der Waals surface area contributed by atoms with E-state index in [0.29, 0.717) is 12.5 Å². The zero-order valence-corrected chi connectivity index (χ0v) is 12.6. The predicted molar refractivity (Wildman–Crippen MR) is 86.2 cm³/mol. The van der Waals surface area contributed by atoms with Crippen LogP contribution in [0.3, 0.4) is 0 Å². The normalized spacial score (nSPS) is 24.7. The van der Waals surface area contributed by atoms with Crippen LogP contribution in [0.5, 0.6) is 0 Å². The molecule has 1 aliphatic carbocycles. The zero-order valence-electron chi connectivity index (χ0n) is 12.6. The molecule has 108 valence electrons. The highest BCUT2D eigenvalue weighted by atomic mass is 16.6. The molecule has 0 saturated heterocycles. The first kappa shape index (κ1) is 13.9. The molecule has 0 aromatic heterocycles. The first-order valence-electron chi connectivity index (χ1n) is 7.46. The summed E-state index contributed by atoms with van der Waals surface area (Å²) in [6, 6.07) is 20.8. The van der Waals surface area contributed by atoms with Gasteiger partial charge in [0.1, 0.15) is 6.61 Å². The molecule has 2 nitrogen and oxygen atoms in total. The maximum absolute atomic E-state index is 5.50. The molecule has 2 aromatic carbocycles. The van der Waals surface area contributed by atoms with E-state index in [1.54, 1.807) is 0 Å². The van der Waals surface area contributed by atoms with Gasteiger partial charge in [0.25, 0.3) is 0 Å². The molecule has 1 saturated carbocycles. The van der Waals surface area contributed by atoms with E-state index in [1.807, 2.05) is 18.2 Å². The standard InChI is InChI=1S/C19H21NO/c1-15(20-21-14-16-9-5-3-6-10-16)18-13-19(18,2)17-11-7-4-8-12-17/h3-12,18H,13-14H2,1-2H3/b20-15+. The minimum absolute atomic E-state index is 0.227. The van der Waals surface area contributed by atoms with Crippen molar-refractivity contribution in [2.75, 3.05) is 0 Å². The Labute approximate surface area is 126 Å². The molecule has 2 aromatic rings. The summed E-state index contributed by atoms with van der Waals surface area (Å²) in [5.41, 5.74) is 3.87. The molecule has 0 radical (unpaired) electrons. The number of hydrogen-bond donors (Lipinski definition) is 0. The van der Waals surface area contributed by atoms with Gasteiger partial charge in [0.2, 0.25) is 0 Å². The van der Waals surface area contributed by atoms with Gasteiger partial charge in [-0.05, 0) is 24.5 Å². The highest BCUT2D eigenvalue weighted by Crippen LogP contribution is 2.54. The summed E-state index contributed by atoms with van der Waals surface area (Å²) < 4.78 is 0. The lowest BCUT2D eigenvalue weighted by molar-refractivity contribution is 0.129. The Bertz CT molecular complexity index is 621. The van der Waals surface area contributed by atoms with E-state index in [9.17, 15) is 0 Å². The molecular weight excluding hydrogens is 258 g/mol. The van der Waals surface area contributed by atoms with E-state index in [4.69, 9.17) is 4.84 Å². The van der Waals surface area contributed by atoms with Gasteiger partial charge in [0.05, 0.1) is 5.71 Å². The third-order valence-electron chi connectivity index (χ3n) is 4.46. The monoisotopic (exact) mass is 279 g/mol. The number of benzene rings is 2. The summed E-state index contributed by atoms with van der Waals surface area (Å²) in [5, 5.41) is 4.32. The third kappa shape index (κ3) is 2.99. The van der Waals surface area contributed by atoms with Crippen molar-refractivity contribution in [1.82, 2.24) is 0 Å². The maximum Gasteiger partial charge on any atom is 0.142 e. The first-order chi connectivity index (χ1) is 10.2. The van der Waals surface area contributed by atoms with Crippen molar-refractivity contribution in [1.29, 1.82) is 0 Å². The Morgan fingerprint density at radius 2 is 1.71 bits per heavy atom. The van der Waals surface area contributed by atoms with Crippen LogP contribution in [0.15, 0.2) is 65.8 Å². The van der Waals surface area contributed by atoms with E-state index in [2.05, 4.69) is 61.5 Å². The van der Waals surface area contributed by atoms with E-state index in [1.165, 1.54) is 5.56 Å². The number of oxime groups is 1. The summed E-state index contributed by atoms with van der Waals surface area (Å²) in [7, 11) is 0. The fraction of sp³-hybridized carbons (Fsp3) is 0.316. The van der Waals surface area contributed by atoms with Gasteiger partial charge in [-0.15, -0.1) is 0 Å². The van der Waals surface area contributed by atoms with Crippen molar-refractivity contribution >= 4 is 5.71 Å². The van der Waals surface area contributed by atoms with Crippen LogP contribution in [-0.4, -0.2) is 5.71 Å². The third-order valence-corrected chi connectivity index (χ3v) is 4.46. The number of hydrogen-bond acceptors (Lipinski definition) is 2. The van der Waals surface area contributed by atoms with Gasteiger partial charge in [-0.2, -0.15) is 0 Å². The molecule has 0 spiro atoms. The summed E-state index contributed by atoms with van der Waals surface area (Å²) >= 11 is 0. The van der Waals surface area contributed by atoms with Crippen LogP contribution in [0, 0.1) is 5.92 Å². The minimum atomic E-state index is 0.227. The molecule has 0 heterocycles. The summed E-state index contributed by atoms with van der Waals surface area (Å²) in [6.07, 6.45) is 1.15. The number of nitrogens with zero attached hydrogens (tertiary/aromatic N) is 1. The van der Waals surface area contributed by atoms with Crippen molar-refractivity contribution in [2.45, 2.75) is 32.3 Å². The quantitative estimate of drug-likeness (QED) is 0.581. The van der Waals surface area contributed by atoms with Gasteiger partial charge in [-0.3, -0.25) is 0 Å². The molecule has 0 N–H and O–H groups in total. The molecule has 0 amide bonds. The summed E-state index contributed by atoms with van der Waals surface area (Å²) in [5.74, 6) is 0.496. The van der Waals surface area contributed by atoms with Crippen molar-refractivity contribution in [3.05, 3.63) is 71.8 Å². The molecule has 21 heavy (non-hydrogen) atoms. The Kier molecular flexibility index (Phi) is 3.78. The largest absolute Gasteiger partial charge is 0.391 e. The Morgan fingerprint density at radius 1 is 1.10 bits per heavy atom. The van der Waals surface area contributed by atoms with Crippen LogP contribution in [0.4, 0.5) is 0 Å². The Morgan fingerprint density at radius 3 is 2.38 bits per heavy atom. The van der Waals surface area contributed by atoms with Crippen molar-refractivity contribution < 1.29 is 4.84 Å². The number of rotatable bonds is 5. The molecule has 0 aliphatic heterocycles. The summed E-state index contributed by atoms with van der Waals surface area (Å²) in [6.45, 7) is 4.92. The molecule has 0 bridgehead atoms. The van der Waals surface area contributed by atoms with Crippen LogP contribution in [-0.2, 0) is 16.9 Å². The zero-order chi connectivity index (χ0) is 14.7. The van der Waals surface area contributed by atoms with Crippen LogP contribution >= 0.6 is 0 Å². The summed E-state index contributed by atoms with van der Waals surface area (Å²) in [4.78, 5) is 5.50. The second-order valence-corrected chi connectivity index (χ2v) is 6.03. The average molecular weight is 279 g/mol. The van der Waals surface area contributed by atoms with Crippen LogP contribution in [0.1, 0.15) is 31.4 Å². The van der Waals surface area contributed by atoms with Gasteiger partial charge >= 0.3 is 0 Å². The molecule has 2 atom stereocenters. The lowest BCUT2D eigenvalue weighted by Gasteiger charge is -2.11. The minimum Gasteiger partial charge on any atom is -0.391 e. The Hall–Kier alpha value is -2.09. The second kappa shape index (κ2) is 5.72. The molecule has 1 aliphatic rings. The van der Waals surface area contributed by atoms with Crippen LogP contribution < -0.4 is 0 Å². The maximum atomic E-state index is 5.50. The highest BCUT2D eigenvalue weighted by molar-refractivity contribution is 5.88. The van der Waals surface area contributed by atoms with Crippen molar-refractivity contribution in [3.63, 3.8) is 0 Å².